The highest BCUT2D eigenvalue weighted by Gasteiger charge is 2.42. The molecule has 1 saturated carbocycles. The van der Waals surface area contributed by atoms with Gasteiger partial charge in [0.25, 0.3) is 0 Å². The van der Waals surface area contributed by atoms with E-state index in [0.29, 0.717) is 26.3 Å². The standard InChI is InChI=1S/C22H36N4O3/c1-5-23-21(25-17-22(11-6-7-12-22)20(27)26(2)3)24-16-18-9-8-10-19(15-18)29-14-13-28-4/h8-10,15H,5-7,11-14,16-17H2,1-4H3,(H2,23,24,25). The zero-order chi connectivity index (χ0) is 21.1. The third-order valence-electron chi connectivity index (χ3n) is 5.23. The maximum atomic E-state index is 12.8. The minimum Gasteiger partial charge on any atom is -0.491 e. The Morgan fingerprint density at radius 1 is 1.21 bits per heavy atom. The Kier molecular flexibility index (Phi) is 9.25. The van der Waals surface area contributed by atoms with Crippen molar-refractivity contribution in [2.45, 2.75) is 39.2 Å². The van der Waals surface area contributed by atoms with Crippen LogP contribution in [0, 0.1) is 5.41 Å². The Balaban J connectivity index is 2.00. The van der Waals surface area contributed by atoms with E-state index in [1.807, 2.05) is 45.3 Å². The third-order valence-corrected chi connectivity index (χ3v) is 5.23. The van der Waals surface area contributed by atoms with E-state index < -0.39 is 0 Å². The quantitative estimate of drug-likeness (QED) is 0.356. The second-order valence-corrected chi connectivity index (χ2v) is 7.72. The first-order chi connectivity index (χ1) is 14.0. The number of ether oxygens (including phenoxy) is 2. The molecule has 0 radical (unpaired) electrons. The summed E-state index contributed by atoms with van der Waals surface area (Å²) in [6, 6.07) is 7.93. The van der Waals surface area contributed by atoms with Gasteiger partial charge >= 0.3 is 0 Å². The van der Waals surface area contributed by atoms with E-state index >= 15 is 0 Å². The topological polar surface area (TPSA) is 75.2 Å². The van der Waals surface area contributed by atoms with Gasteiger partial charge in [-0.2, -0.15) is 0 Å². The summed E-state index contributed by atoms with van der Waals surface area (Å²) in [6.07, 6.45) is 4.06. The molecule has 7 nitrogen and oxygen atoms in total. The van der Waals surface area contributed by atoms with Crippen molar-refractivity contribution < 1.29 is 14.3 Å². The van der Waals surface area contributed by atoms with Gasteiger partial charge in [-0.1, -0.05) is 25.0 Å². The fourth-order valence-corrected chi connectivity index (χ4v) is 3.73. The molecule has 1 aromatic carbocycles. The summed E-state index contributed by atoms with van der Waals surface area (Å²) in [7, 11) is 5.33. The molecule has 7 heteroatoms. The normalized spacial score (nSPS) is 15.8. The highest BCUT2D eigenvalue weighted by atomic mass is 16.5. The molecule has 0 heterocycles. The second-order valence-electron chi connectivity index (χ2n) is 7.72. The molecule has 29 heavy (non-hydrogen) atoms. The van der Waals surface area contributed by atoms with E-state index in [0.717, 1.165) is 49.5 Å². The number of nitrogens with one attached hydrogen (secondary N) is 2. The van der Waals surface area contributed by atoms with Crippen molar-refractivity contribution >= 4 is 11.9 Å². The molecule has 0 atom stereocenters. The van der Waals surface area contributed by atoms with Gasteiger partial charge in [0, 0.05) is 34.3 Å². The summed E-state index contributed by atoms with van der Waals surface area (Å²) in [5, 5.41) is 6.69. The van der Waals surface area contributed by atoms with Crippen molar-refractivity contribution in [3.63, 3.8) is 0 Å². The van der Waals surface area contributed by atoms with Crippen LogP contribution in [0.4, 0.5) is 0 Å². The van der Waals surface area contributed by atoms with Crippen molar-refractivity contribution in [3.8, 4) is 5.75 Å². The molecule has 162 valence electrons. The number of nitrogens with zero attached hydrogens (tertiary/aromatic N) is 2. The zero-order valence-corrected chi connectivity index (χ0v) is 18.3. The van der Waals surface area contributed by atoms with Gasteiger partial charge in [0.1, 0.15) is 12.4 Å². The van der Waals surface area contributed by atoms with Crippen molar-refractivity contribution in [3.05, 3.63) is 29.8 Å². The van der Waals surface area contributed by atoms with Gasteiger partial charge in [-0.15, -0.1) is 0 Å². The molecule has 2 N–H and O–H groups in total. The lowest BCUT2D eigenvalue weighted by atomic mass is 9.84. The summed E-state index contributed by atoms with van der Waals surface area (Å²) >= 11 is 0. The summed E-state index contributed by atoms with van der Waals surface area (Å²) in [6.45, 7) is 5.03. The zero-order valence-electron chi connectivity index (χ0n) is 18.3. The molecular formula is C22H36N4O3. The maximum absolute atomic E-state index is 12.8. The molecule has 1 amide bonds. The van der Waals surface area contributed by atoms with Crippen LogP contribution in [0.5, 0.6) is 5.75 Å². The maximum Gasteiger partial charge on any atom is 0.230 e. The van der Waals surface area contributed by atoms with Crippen LogP contribution in [0.2, 0.25) is 0 Å². The fraction of sp³-hybridized carbons (Fsp3) is 0.636. The molecule has 0 bridgehead atoms. The highest BCUT2D eigenvalue weighted by Crippen LogP contribution is 2.38. The molecule has 1 aromatic rings. The molecule has 1 aliphatic carbocycles. The number of rotatable bonds is 10. The van der Waals surface area contributed by atoms with Crippen LogP contribution in [0.3, 0.4) is 0 Å². The number of methoxy groups -OCH3 is 1. The molecular weight excluding hydrogens is 368 g/mol. The minimum absolute atomic E-state index is 0.208. The van der Waals surface area contributed by atoms with Crippen LogP contribution in [0.25, 0.3) is 0 Å². The van der Waals surface area contributed by atoms with Crippen LogP contribution in [-0.4, -0.2) is 64.3 Å². The first-order valence-electron chi connectivity index (χ1n) is 10.5. The van der Waals surface area contributed by atoms with Gasteiger partial charge in [0.05, 0.1) is 18.6 Å². The summed E-state index contributed by atoms with van der Waals surface area (Å²) < 4.78 is 10.7. The van der Waals surface area contributed by atoms with Gasteiger partial charge in [-0.05, 0) is 37.5 Å². The number of carbonyl (C=O) groups excluding carboxylic acids is 1. The number of amides is 1. The van der Waals surface area contributed by atoms with E-state index in [1.165, 1.54) is 0 Å². The van der Waals surface area contributed by atoms with E-state index in [2.05, 4.69) is 10.6 Å². The Morgan fingerprint density at radius 3 is 2.62 bits per heavy atom. The lowest BCUT2D eigenvalue weighted by Crippen LogP contribution is -2.49. The molecule has 0 aliphatic heterocycles. The molecule has 1 aliphatic rings. The van der Waals surface area contributed by atoms with Crippen LogP contribution in [0.15, 0.2) is 29.3 Å². The Morgan fingerprint density at radius 2 is 1.97 bits per heavy atom. The van der Waals surface area contributed by atoms with Crippen LogP contribution in [-0.2, 0) is 16.1 Å². The molecule has 0 aromatic heterocycles. The monoisotopic (exact) mass is 404 g/mol. The van der Waals surface area contributed by atoms with Crippen molar-refractivity contribution in [2.75, 3.05) is 47.5 Å². The van der Waals surface area contributed by atoms with Crippen LogP contribution < -0.4 is 15.4 Å². The van der Waals surface area contributed by atoms with E-state index in [1.54, 1.807) is 12.0 Å². The predicted octanol–water partition coefficient (Wildman–Crippen LogP) is 2.42. The second kappa shape index (κ2) is 11.7. The molecule has 1 fully saturated rings. The van der Waals surface area contributed by atoms with E-state index in [-0.39, 0.29) is 11.3 Å². The fourth-order valence-electron chi connectivity index (χ4n) is 3.73. The van der Waals surface area contributed by atoms with Crippen molar-refractivity contribution in [1.29, 1.82) is 0 Å². The number of hydrogen-bond acceptors (Lipinski definition) is 4. The lowest BCUT2D eigenvalue weighted by molar-refractivity contribution is -0.138. The van der Waals surface area contributed by atoms with Crippen molar-refractivity contribution in [2.24, 2.45) is 10.4 Å². The molecule has 0 spiro atoms. The summed E-state index contributed by atoms with van der Waals surface area (Å²) in [5.74, 6) is 1.75. The lowest BCUT2D eigenvalue weighted by Gasteiger charge is -2.31. The number of guanidine groups is 1. The number of aliphatic imine (C=N–C) groups is 1. The Labute approximate surface area is 174 Å². The molecule has 0 unspecified atom stereocenters. The number of benzene rings is 1. The number of carbonyl (C=O) groups is 1. The van der Waals surface area contributed by atoms with Crippen LogP contribution >= 0.6 is 0 Å². The Hall–Kier alpha value is -2.28. The predicted molar refractivity (Wildman–Crippen MR) is 116 cm³/mol. The van der Waals surface area contributed by atoms with Crippen molar-refractivity contribution in [1.82, 2.24) is 15.5 Å². The smallest absolute Gasteiger partial charge is 0.230 e. The van der Waals surface area contributed by atoms with E-state index in [4.69, 9.17) is 14.5 Å². The third kappa shape index (κ3) is 6.92. The first-order valence-corrected chi connectivity index (χ1v) is 10.5. The molecule has 2 rings (SSSR count). The largest absolute Gasteiger partial charge is 0.491 e. The summed E-state index contributed by atoms with van der Waals surface area (Å²) in [4.78, 5) is 19.2. The van der Waals surface area contributed by atoms with Gasteiger partial charge in [-0.3, -0.25) is 4.79 Å². The van der Waals surface area contributed by atoms with E-state index in [9.17, 15) is 4.79 Å². The highest BCUT2D eigenvalue weighted by molar-refractivity contribution is 5.85. The van der Waals surface area contributed by atoms with Gasteiger partial charge < -0.3 is 25.0 Å². The average Bonchev–Trinajstić information content (AvgIpc) is 3.20. The molecule has 0 saturated heterocycles. The Bertz CT molecular complexity index is 670. The number of hydrogen-bond donors (Lipinski definition) is 2. The SMILES string of the molecule is CCNC(=NCc1cccc(OCCOC)c1)NCC1(C(=O)N(C)C)CCCC1. The van der Waals surface area contributed by atoms with Crippen LogP contribution in [0.1, 0.15) is 38.2 Å². The first kappa shape index (κ1) is 23.0. The van der Waals surface area contributed by atoms with Gasteiger partial charge in [0.15, 0.2) is 5.96 Å². The summed E-state index contributed by atoms with van der Waals surface area (Å²) in [5.41, 5.74) is 0.742. The minimum atomic E-state index is -0.325. The van der Waals surface area contributed by atoms with Gasteiger partial charge in [0.2, 0.25) is 5.91 Å². The average molecular weight is 405 g/mol. The van der Waals surface area contributed by atoms with Gasteiger partial charge in [-0.25, -0.2) is 4.99 Å².